The van der Waals surface area contributed by atoms with Gasteiger partial charge >= 0.3 is 0 Å². The molecule has 0 spiro atoms. The molecule has 4 rings (SSSR count). The number of ketones is 1. The molecule has 0 saturated carbocycles. The van der Waals surface area contributed by atoms with Crippen LogP contribution in [0.4, 0.5) is 0 Å². The third-order valence-corrected chi connectivity index (χ3v) is 6.15. The number of H-pyrrole nitrogens is 1. The SMILES string of the molecule is Cc1[nH]c2ccccc2c1C(=O)[C@H](C)Sc1nc2ccccc2c(=O)n1C(C)C. The summed E-state index contributed by atoms with van der Waals surface area (Å²) in [5.41, 5.74) is 3.10. The Hall–Kier alpha value is -2.86. The Labute approximate surface area is 173 Å². The quantitative estimate of drug-likeness (QED) is 0.284. The monoisotopic (exact) mass is 405 g/mol. The first-order valence-electron chi connectivity index (χ1n) is 9.68. The van der Waals surface area contributed by atoms with E-state index in [1.807, 2.05) is 70.2 Å². The van der Waals surface area contributed by atoms with E-state index < -0.39 is 0 Å². The lowest BCUT2D eigenvalue weighted by Crippen LogP contribution is -2.26. The molecule has 0 unspecified atom stereocenters. The number of carbonyl (C=O) groups is 1. The average molecular weight is 406 g/mol. The van der Waals surface area contributed by atoms with E-state index >= 15 is 0 Å². The van der Waals surface area contributed by atoms with E-state index in [1.54, 1.807) is 10.6 Å². The number of fused-ring (bicyclic) bond motifs is 2. The zero-order valence-electron chi connectivity index (χ0n) is 16.9. The number of Topliss-reactive ketones (excluding diaryl/α,β-unsaturated/α-hetero) is 1. The second kappa shape index (κ2) is 7.52. The van der Waals surface area contributed by atoms with Crippen LogP contribution in [0.1, 0.15) is 42.9 Å². The van der Waals surface area contributed by atoms with E-state index in [-0.39, 0.29) is 22.6 Å². The highest BCUT2D eigenvalue weighted by Crippen LogP contribution is 2.30. The first-order chi connectivity index (χ1) is 13.9. The number of aromatic amines is 1. The van der Waals surface area contributed by atoms with Gasteiger partial charge in [0, 0.05) is 28.2 Å². The Morgan fingerprint density at radius 1 is 1.03 bits per heavy atom. The summed E-state index contributed by atoms with van der Waals surface area (Å²) in [5, 5.41) is 1.71. The minimum absolute atomic E-state index is 0.0302. The van der Waals surface area contributed by atoms with Gasteiger partial charge < -0.3 is 4.98 Å². The van der Waals surface area contributed by atoms with Crippen LogP contribution in [0, 0.1) is 6.92 Å². The number of aromatic nitrogens is 3. The first kappa shape index (κ1) is 19.5. The van der Waals surface area contributed by atoms with Gasteiger partial charge in [-0.25, -0.2) is 4.98 Å². The van der Waals surface area contributed by atoms with Gasteiger partial charge in [0.1, 0.15) is 0 Å². The maximum absolute atomic E-state index is 13.3. The lowest BCUT2D eigenvalue weighted by molar-refractivity contribution is 0.0995. The van der Waals surface area contributed by atoms with Gasteiger partial charge in [0.15, 0.2) is 10.9 Å². The molecule has 0 aliphatic rings. The molecule has 0 saturated heterocycles. The molecule has 0 aliphatic carbocycles. The molecule has 2 aromatic carbocycles. The predicted molar refractivity (Wildman–Crippen MR) is 119 cm³/mol. The summed E-state index contributed by atoms with van der Waals surface area (Å²) in [6.07, 6.45) is 0. The van der Waals surface area contributed by atoms with E-state index in [4.69, 9.17) is 4.98 Å². The maximum Gasteiger partial charge on any atom is 0.262 e. The molecule has 0 fully saturated rings. The normalized spacial score (nSPS) is 12.7. The lowest BCUT2D eigenvalue weighted by atomic mass is 10.1. The predicted octanol–water partition coefficient (Wildman–Crippen LogP) is 5.13. The van der Waals surface area contributed by atoms with Crippen molar-refractivity contribution in [3.8, 4) is 0 Å². The van der Waals surface area contributed by atoms with Crippen LogP contribution in [-0.4, -0.2) is 25.6 Å². The van der Waals surface area contributed by atoms with Crippen molar-refractivity contribution >= 4 is 39.4 Å². The van der Waals surface area contributed by atoms with Gasteiger partial charge in [0.05, 0.1) is 16.2 Å². The van der Waals surface area contributed by atoms with Crippen LogP contribution in [-0.2, 0) is 0 Å². The molecule has 0 amide bonds. The fraction of sp³-hybridized carbons (Fsp3) is 0.261. The van der Waals surface area contributed by atoms with Crippen molar-refractivity contribution in [3.63, 3.8) is 0 Å². The number of thioether (sulfide) groups is 1. The van der Waals surface area contributed by atoms with Gasteiger partial charge in [-0.05, 0) is 45.9 Å². The average Bonchev–Trinajstić information content (AvgIpc) is 3.02. The molecular weight excluding hydrogens is 382 g/mol. The van der Waals surface area contributed by atoms with Crippen LogP contribution in [0.2, 0.25) is 0 Å². The van der Waals surface area contributed by atoms with Gasteiger partial charge in [-0.3, -0.25) is 14.2 Å². The molecule has 2 aromatic heterocycles. The van der Waals surface area contributed by atoms with Gasteiger partial charge in [0.2, 0.25) is 0 Å². The largest absolute Gasteiger partial charge is 0.358 e. The minimum atomic E-state index is -0.383. The fourth-order valence-corrected chi connectivity index (χ4v) is 4.77. The summed E-state index contributed by atoms with van der Waals surface area (Å²) in [4.78, 5) is 34.3. The summed E-state index contributed by atoms with van der Waals surface area (Å²) >= 11 is 1.34. The van der Waals surface area contributed by atoms with Crippen molar-refractivity contribution < 1.29 is 4.79 Å². The number of nitrogens with zero attached hydrogens (tertiary/aromatic N) is 2. The van der Waals surface area contributed by atoms with Crippen LogP contribution < -0.4 is 5.56 Å². The first-order valence-corrected chi connectivity index (χ1v) is 10.6. The van der Waals surface area contributed by atoms with E-state index in [0.29, 0.717) is 21.6 Å². The van der Waals surface area contributed by atoms with E-state index in [1.165, 1.54) is 11.8 Å². The van der Waals surface area contributed by atoms with Crippen molar-refractivity contribution in [2.45, 2.75) is 44.1 Å². The van der Waals surface area contributed by atoms with Crippen molar-refractivity contribution in [2.75, 3.05) is 0 Å². The molecule has 0 bridgehead atoms. The summed E-state index contributed by atoms with van der Waals surface area (Å²) in [7, 11) is 0. The van der Waals surface area contributed by atoms with E-state index in [0.717, 1.165) is 16.6 Å². The summed E-state index contributed by atoms with van der Waals surface area (Å²) in [6, 6.07) is 15.1. The Bertz CT molecular complexity index is 1290. The van der Waals surface area contributed by atoms with Crippen LogP contribution in [0.3, 0.4) is 0 Å². The maximum atomic E-state index is 13.3. The standard InChI is InChI=1S/C23H23N3O2S/c1-13(2)26-22(28)17-10-6-8-12-19(17)25-23(26)29-15(4)21(27)20-14(3)24-18-11-7-5-9-16(18)20/h5-13,15,24H,1-4H3/t15-/m0/s1. The number of para-hydroxylation sites is 2. The molecule has 0 radical (unpaired) electrons. The highest BCUT2D eigenvalue weighted by atomic mass is 32.2. The third kappa shape index (κ3) is 3.38. The lowest BCUT2D eigenvalue weighted by Gasteiger charge is -2.18. The number of hydrogen-bond donors (Lipinski definition) is 1. The van der Waals surface area contributed by atoms with Gasteiger partial charge in [-0.2, -0.15) is 0 Å². The number of nitrogens with one attached hydrogen (secondary N) is 1. The smallest absolute Gasteiger partial charge is 0.262 e. The van der Waals surface area contributed by atoms with Gasteiger partial charge in [-0.15, -0.1) is 0 Å². The number of rotatable bonds is 5. The molecule has 0 aliphatic heterocycles. The number of carbonyl (C=O) groups excluding carboxylic acids is 1. The van der Waals surface area contributed by atoms with E-state index in [2.05, 4.69) is 4.98 Å². The second-order valence-electron chi connectivity index (χ2n) is 7.48. The van der Waals surface area contributed by atoms with Crippen LogP contribution >= 0.6 is 11.8 Å². The van der Waals surface area contributed by atoms with Gasteiger partial charge in [0.25, 0.3) is 5.56 Å². The molecule has 6 heteroatoms. The van der Waals surface area contributed by atoms with Crippen molar-refractivity contribution in [3.05, 3.63) is 70.1 Å². The Balaban J connectivity index is 1.76. The molecule has 1 N–H and O–H groups in total. The topological polar surface area (TPSA) is 67.8 Å². The zero-order chi connectivity index (χ0) is 20.7. The van der Waals surface area contributed by atoms with Crippen LogP contribution in [0.15, 0.2) is 58.5 Å². The van der Waals surface area contributed by atoms with Crippen molar-refractivity contribution in [1.82, 2.24) is 14.5 Å². The Morgan fingerprint density at radius 2 is 1.69 bits per heavy atom. The summed E-state index contributed by atoms with van der Waals surface area (Å²) < 4.78 is 1.68. The Morgan fingerprint density at radius 3 is 2.41 bits per heavy atom. The number of aryl methyl sites for hydroxylation is 1. The molecule has 2 heterocycles. The van der Waals surface area contributed by atoms with Gasteiger partial charge in [-0.1, -0.05) is 42.1 Å². The minimum Gasteiger partial charge on any atom is -0.358 e. The molecule has 1 atom stereocenters. The summed E-state index contributed by atoms with van der Waals surface area (Å²) in [6.45, 7) is 7.71. The molecule has 29 heavy (non-hydrogen) atoms. The molecule has 148 valence electrons. The molecular formula is C23H23N3O2S. The number of hydrogen-bond acceptors (Lipinski definition) is 4. The number of benzene rings is 2. The molecule has 5 nitrogen and oxygen atoms in total. The summed E-state index contributed by atoms with van der Waals surface area (Å²) in [5.74, 6) is 0.0302. The van der Waals surface area contributed by atoms with Crippen LogP contribution in [0.25, 0.3) is 21.8 Å². The highest BCUT2D eigenvalue weighted by molar-refractivity contribution is 8.00. The van der Waals surface area contributed by atoms with Crippen LogP contribution in [0.5, 0.6) is 0 Å². The Kier molecular flexibility index (Phi) is 5.04. The molecule has 4 aromatic rings. The van der Waals surface area contributed by atoms with Crippen molar-refractivity contribution in [1.29, 1.82) is 0 Å². The van der Waals surface area contributed by atoms with Crippen molar-refractivity contribution in [2.24, 2.45) is 0 Å². The second-order valence-corrected chi connectivity index (χ2v) is 8.78. The zero-order valence-corrected chi connectivity index (χ0v) is 17.7. The third-order valence-electron chi connectivity index (χ3n) is 5.08. The fourth-order valence-electron chi connectivity index (χ4n) is 3.67. The van der Waals surface area contributed by atoms with E-state index in [9.17, 15) is 9.59 Å². The highest BCUT2D eigenvalue weighted by Gasteiger charge is 2.25.